The van der Waals surface area contributed by atoms with Crippen molar-refractivity contribution in [3.63, 3.8) is 0 Å². The first kappa shape index (κ1) is 20.9. The molecule has 2 amide bonds. The van der Waals surface area contributed by atoms with Crippen LogP contribution in [0.1, 0.15) is 30.6 Å². The predicted octanol–water partition coefficient (Wildman–Crippen LogP) is 4.32. The Hall–Kier alpha value is -2.45. The first-order valence-electron chi connectivity index (χ1n) is 8.31. The Balaban J connectivity index is 2.07. The van der Waals surface area contributed by atoms with E-state index in [1.807, 2.05) is 13.0 Å². The number of carbonyl (C=O) groups excluding carboxylic acids is 2. The van der Waals surface area contributed by atoms with E-state index in [4.69, 9.17) is 17.0 Å². The molecule has 0 radical (unpaired) electrons. The van der Waals surface area contributed by atoms with E-state index in [1.165, 1.54) is 6.92 Å². The summed E-state index contributed by atoms with van der Waals surface area (Å²) >= 11 is 8.59. The molecule has 0 aliphatic rings. The van der Waals surface area contributed by atoms with Gasteiger partial charge in [0.25, 0.3) is 5.91 Å². The van der Waals surface area contributed by atoms with E-state index >= 15 is 0 Å². The molecule has 0 heterocycles. The SMILES string of the molecule is CCCOc1ccc(Br)cc1C(=O)NC(=S)Nc1cccc(NC(C)=O)c1. The molecule has 142 valence electrons. The molecule has 8 heteroatoms. The van der Waals surface area contributed by atoms with Gasteiger partial charge in [0, 0.05) is 22.8 Å². The Morgan fingerprint density at radius 3 is 2.48 bits per heavy atom. The molecule has 0 spiro atoms. The Labute approximate surface area is 171 Å². The highest BCUT2D eigenvalue weighted by Gasteiger charge is 2.15. The Kier molecular flexibility index (Phi) is 7.75. The van der Waals surface area contributed by atoms with Crippen LogP contribution in [0.5, 0.6) is 5.75 Å². The molecule has 0 saturated heterocycles. The van der Waals surface area contributed by atoms with Crippen LogP contribution in [-0.2, 0) is 4.79 Å². The number of nitrogens with one attached hydrogen (secondary N) is 3. The molecule has 6 nitrogen and oxygen atoms in total. The Morgan fingerprint density at radius 2 is 1.81 bits per heavy atom. The van der Waals surface area contributed by atoms with Crippen LogP contribution in [0, 0.1) is 0 Å². The molecule has 0 aliphatic carbocycles. The predicted molar refractivity (Wildman–Crippen MR) is 114 cm³/mol. The Bertz CT molecular complexity index is 858. The summed E-state index contributed by atoms with van der Waals surface area (Å²) in [5.41, 5.74) is 1.65. The van der Waals surface area contributed by atoms with Gasteiger partial charge < -0.3 is 15.4 Å². The number of rotatable bonds is 6. The van der Waals surface area contributed by atoms with E-state index in [2.05, 4.69) is 31.9 Å². The zero-order valence-electron chi connectivity index (χ0n) is 15.0. The summed E-state index contributed by atoms with van der Waals surface area (Å²) in [6, 6.07) is 12.2. The number of ether oxygens (including phenoxy) is 1. The molecule has 2 aromatic carbocycles. The molecule has 0 unspecified atom stereocenters. The lowest BCUT2D eigenvalue weighted by Crippen LogP contribution is -2.34. The van der Waals surface area contributed by atoms with E-state index in [0.717, 1.165) is 10.9 Å². The van der Waals surface area contributed by atoms with Gasteiger partial charge in [0.05, 0.1) is 12.2 Å². The van der Waals surface area contributed by atoms with Gasteiger partial charge in [0.15, 0.2) is 5.11 Å². The van der Waals surface area contributed by atoms with Gasteiger partial charge in [0.2, 0.25) is 5.91 Å². The number of hydrogen-bond donors (Lipinski definition) is 3. The fourth-order valence-electron chi connectivity index (χ4n) is 2.23. The van der Waals surface area contributed by atoms with E-state index in [-0.39, 0.29) is 16.9 Å². The minimum absolute atomic E-state index is 0.140. The van der Waals surface area contributed by atoms with Gasteiger partial charge >= 0.3 is 0 Å². The summed E-state index contributed by atoms with van der Waals surface area (Å²) in [6.07, 6.45) is 0.835. The fourth-order valence-corrected chi connectivity index (χ4v) is 2.80. The molecular weight excluding hydrogens is 430 g/mol. The molecule has 2 aromatic rings. The van der Waals surface area contributed by atoms with Gasteiger partial charge in [-0.3, -0.25) is 14.9 Å². The second-order valence-electron chi connectivity index (χ2n) is 5.66. The van der Waals surface area contributed by atoms with Crippen molar-refractivity contribution in [2.75, 3.05) is 17.2 Å². The first-order chi connectivity index (χ1) is 12.9. The number of halogens is 1. The maximum absolute atomic E-state index is 12.6. The molecule has 0 saturated carbocycles. The van der Waals surface area contributed by atoms with Crippen LogP contribution in [0.2, 0.25) is 0 Å². The number of thiocarbonyl (C=S) groups is 1. The van der Waals surface area contributed by atoms with Crippen molar-refractivity contribution in [1.82, 2.24) is 5.32 Å². The van der Waals surface area contributed by atoms with Crippen molar-refractivity contribution >= 4 is 56.4 Å². The molecule has 0 atom stereocenters. The normalized spacial score (nSPS) is 10.0. The first-order valence-corrected chi connectivity index (χ1v) is 9.51. The summed E-state index contributed by atoms with van der Waals surface area (Å²) in [7, 11) is 0. The highest BCUT2D eigenvalue weighted by Crippen LogP contribution is 2.23. The smallest absolute Gasteiger partial charge is 0.261 e. The number of amides is 2. The Morgan fingerprint density at radius 1 is 1.11 bits per heavy atom. The molecular formula is C19H20BrN3O3S. The largest absolute Gasteiger partial charge is 0.493 e. The van der Waals surface area contributed by atoms with Crippen LogP contribution in [0.15, 0.2) is 46.9 Å². The van der Waals surface area contributed by atoms with Crippen molar-refractivity contribution in [2.24, 2.45) is 0 Å². The zero-order valence-corrected chi connectivity index (χ0v) is 17.4. The van der Waals surface area contributed by atoms with Crippen LogP contribution in [0.25, 0.3) is 0 Å². The third kappa shape index (κ3) is 6.65. The van der Waals surface area contributed by atoms with Gasteiger partial charge in [0.1, 0.15) is 5.75 Å². The van der Waals surface area contributed by atoms with Crippen molar-refractivity contribution in [2.45, 2.75) is 20.3 Å². The molecule has 0 fully saturated rings. The number of anilines is 2. The second kappa shape index (κ2) is 10.0. The summed E-state index contributed by atoms with van der Waals surface area (Å²) in [5.74, 6) is -0.0526. The minimum atomic E-state index is -0.377. The van der Waals surface area contributed by atoms with Gasteiger partial charge in [-0.05, 0) is 55.0 Å². The molecule has 3 N–H and O–H groups in total. The van der Waals surface area contributed by atoms with Crippen LogP contribution < -0.4 is 20.7 Å². The third-order valence-electron chi connectivity index (χ3n) is 3.32. The molecule has 0 bridgehead atoms. The topological polar surface area (TPSA) is 79.5 Å². The summed E-state index contributed by atoms with van der Waals surface area (Å²) in [5, 5.41) is 8.40. The molecule has 27 heavy (non-hydrogen) atoms. The quantitative estimate of drug-likeness (QED) is 0.572. The van der Waals surface area contributed by atoms with Crippen molar-refractivity contribution in [1.29, 1.82) is 0 Å². The summed E-state index contributed by atoms with van der Waals surface area (Å²) < 4.78 is 6.39. The van der Waals surface area contributed by atoms with Gasteiger partial charge in [-0.25, -0.2) is 0 Å². The third-order valence-corrected chi connectivity index (χ3v) is 4.01. The number of carbonyl (C=O) groups is 2. The van der Waals surface area contributed by atoms with Crippen LogP contribution >= 0.6 is 28.1 Å². The number of hydrogen-bond acceptors (Lipinski definition) is 4. The zero-order chi connectivity index (χ0) is 19.8. The van der Waals surface area contributed by atoms with Crippen LogP contribution in [0.4, 0.5) is 11.4 Å². The minimum Gasteiger partial charge on any atom is -0.493 e. The van der Waals surface area contributed by atoms with Crippen LogP contribution in [0.3, 0.4) is 0 Å². The standard InChI is InChI=1S/C19H20BrN3O3S/c1-3-9-26-17-8-7-13(20)10-16(17)18(25)23-19(27)22-15-6-4-5-14(11-15)21-12(2)24/h4-8,10-11H,3,9H2,1-2H3,(H,21,24)(H2,22,23,25,27). The average molecular weight is 450 g/mol. The molecule has 0 aliphatic heterocycles. The van der Waals surface area contributed by atoms with Crippen molar-refractivity contribution in [3.8, 4) is 5.75 Å². The monoisotopic (exact) mass is 449 g/mol. The van der Waals surface area contributed by atoms with E-state index in [0.29, 0.717) is 29.3 Å². The lowest BCUT2D eigenvalue weighted by Gasteiger charge is -2.13. The number of benzene rings is 2. The fraction of sp³-hybridized carbons (Fsp3) is 0.211. The van der Waals surface area contributed by atoms with Crippen molar-refractivity contribution in [3.05, 3.63) is 52.5 Å². The highest BCUT2D eigenvalue weighted by atomic mass is 79.9. The lowest BCUT2D eigenvalue weighted by atomic mass is 10.2. The van der Waals surface area contributed by atoms with Gasteiger partial charge in [-0.2, -0.15) is 0 Å². The average Bonchev–Trinajstić information content (AvgIpc) is 2.60. The molecule has 0 aromatic heterocycles. The van der Waals surface area contributed by atoms with E-state index in [1.54, 1.807) is 36.4 Å². The lowest BCUT2D eigenvalue weighted by molar-refractivity contribution is -0.114. The summed E-state index contributed by atoms with van der Waals surface area (Å²) in [6.45, 7) is 3.94. The van der Waals surface area contributed by atoms with Gasteiger partial charge in [-0.1, -0.05) is 28.9 Å². The van der Waals surface area contributed by atoms with E-state index < -0.39 is 0 Å². The van der Waals surface area contributed by atoms with Gasteiger partial charge in [-0.15, -0.1) is 0 Å². The van der Waals surface area contributed by atoms with E-state index in [9.17, 15) is 9.59 Å². The second-order valence-corrected chi connectivity index (χ2v) is 6.98. The highest BCUT2D eigenvalue weighted by molar-refractivity contribution is 9.10. The maximum atomic E-state index is 12.6. The summed E-state index contributed by atoms with van der Waals surface area (Å²) in [4.78, 5) is 23.8. The van der Waals surface area contributed by atoms with Crippen LogP contribution in [-0.4, -0.2) is 23.5 Å². The maximum Gasteiger partial charge on any atom is 0.261 e. The van der Waals surface area contributed by atoms with Crippen molar-refractivity contribution < 1.29 is 14.3 Å². The molecule has 2 rings (SSSR count).